The van der Waals surface area contributed by atoms with Crippen LogP contribution < -0.4 is 0 Å². The van der Waals surface area contributed by atoms with Crippen molar-refractivity contribution >= 4 is 17.5 Å². The van der Waals surface area contributed by atoms with E-state index in [1.54, 1.807) is 43.4 Å². The number of Topliss-reactive ketones (excluding diaryl/α,β-unsaturated/α-hetero) is 2. The number of aliphatic hydroxyl groups excluding tert-OH is 6. The molecule has 0 aromatic rings. The lowest BCUT2D eigenvalue weighted by Gasteiger charge is -2.21. The molecule has 0 saturated heterocycles. The maximum Gasteiger partial charge on any atom is 0.333 e. The van der Waals surface area contributed by atoms with E-state index >= 15 is 0 Å². The van der Waals surface area contributed by atoms with Crippen LogP contribution in [0.15, 0.2) is 60.3 Å². The summed E-state index contributed by atoms with van der Waals surface area (Å²) in [6, 6.07) is 0. The Labute approximate surface area is 293 Å². The Kier molecular flexibility index (Phi) is 23.6. The fourth-order valence-corrected chi connectivity index (χ4v) is 5.63. The molecule has 7 atom stereocenters. The summed E-state index contributed by atoms with van der Waals surface area (Å²) in [6.07, 6.45) is 14.2. The van der Waals surface area contributed by atoms with Gasteiger partial charge in [-0.2, -0.15) is 0 Å². The number of rotatable bonds is 1. The van der Waals surface area contributed by atoms with Gasteiger partial charge in [0.2, 0.25) is 0 Å². The Balaban J connectivity index is 2.80. The number of aliphatic hydroxyl groups is 6. The van der Waals surface area contributed by atoms with Gasteiger partial charge in [-0.3, -0.25) is 9.59 Å². The van der Waals surface area contributed by atoms with E-state index < -0.39 is 42.4 Å². The molecule has 0 radical (unpaired) electrons. The van der Waals surface area contributed by atoms with Crippen molar-refractivity contribution in [3.05, 3.63) is 60.3 Å². The lowest BCUT2D eigenvalue weighted by molar-refractivity contribution is -0.146. The van der Waals surface area contributed by atoms with Gasteiger partial charge in [0.25, 0.3) is 0 Å². The molecule has 10 nitrogen and oxygen atoms in total. The van der Waals surface area contributed by atoms with Gasteiger partial charge in [-0.1, -0.05) is 87.8 Å². The van der Waals surface area contributed by atoms with Gasteiger partial charge >= 0.3 is 5.97 Å². The molecule has 0 saturated carbocycles. The summed E-state index contributed by atoms with van der Waals surface area (Å²) >= 11 is 0. The number of hydrogen-bond acceptors (Lipinski definition) is 10. The molecule has 0 spiro atoms. The van der Waals surface area contributed by atoms with Gasteiger partial charge in [-0.15, -0.1) is 0 Å². The highest BCUT2D eigenvalue weighted by Crippen LogP contribution is 2.19. The topological polar surface area (TPSA) is 182 Å². The number of ether oxygens (including phenoxy) is 1. The van der Waals surface area contributed by atoms with Crippen molar-refractivity contribution in [3.8, 4) is 0 Å². The fraction of sp³-hybridized carbons (Fsp3) is 0.667. The summed E-state index contributed by atoms with van der Waals surface area (Å²) in [4.78, 5) is 37.3. The monoisotopic (exact) mass is 690 g/mol. The average molecular weight is 691 g/mol. The van der Waals surface area contributed by atoms with Gasteiger partial charge in [-0.05, 0) is 57.8 Å². The third-order valence-corrected chi connectivity index (χ3v) is 8.39. The lowest BCUT2D eigenvalue weighted by atomic mass is 9.96. The first kappa shape index (κ1) is 44.3. The number of hydrogen-bond donors (Lipinski definition) is 6. The van der Waals surface area contributed by atoms with Crippen LogP contribution in [0.4, 0.5) is 0 Å². The third kappa shape index (κ3) is 23.3. The standard InChI is InChI=1S/C39H62O10/c1-28(2)38-20-16-12-8-11-15-19-31(41)22-33(43)24-35(45)26-37(47)27-36(46)25-34(44)23-32(42)21-30(40)18-14-10-7-5-4-6-9-13-17-29(3)39(48)49-38/h4-7,9-10,13-14,17,28,30,32-36,38,40,42-46H,8,11-12,15-16,18-27H2,1-3H3/t30-,32+,33-,34+,35-,36+,38?/m0/s1. The predicted molar refractivity (Wildman–Crippen MR) is 190 cm³/mol. The summed E-state index contributed by atoms with van der Waals surface area (Å²) in [5.74, 6) is -0.714. The highest BCUT2D eigenvalue weighted by atomic mass is 16.5. The van der Waals surface area contributed by atoms with Crippen LogP contribution in [0.3, 0.4) is 0 Å². The summed E-state index contributed by atoms with van der Waals surface area (Å²) in [5, 5.41) is 61.5. The molecule has 1 aliphatic rings. The molecule has 278 valence electrons. The molecule has 6 N–H and O–H groups in total. The second-order valence-corrected chi connectivity index (χ2v) is 13.7. The van der Waals surface area contributed by atoms with Crippen LogP contribution in [0.5, 0.6) is 0 Å². The molecule has 1 heterocycles. The van der Waals surface area contributed by atoms with Crippen LogP contribution in [-0.4, -0.2) is 90.9 Å². The van der Waals surface area contributed by atoms with Crippen LogP contribution in [0, 0.1) is 5.92 Å². The number of carbonyl (C=O) groups is 3. The SMILES string of the molecule is CC1=CC=CC=CC=CC=CC[C@H](O)C[C@@H](O)C[C@@H](O)C[C@@H](O)CC(=O)C[C@@H](O)C[C@@H](O)CC(=O)CCCCCCCC(C(C)C)OC1=O. The van der Waals surface area contributed by atoms with Gasteiger partial charge in [0.1, 0.15) is 17.7 Å². The normalized spacial score (nSPS) is 30.2. The van der Waals surface area contributed by atoms with E-state index in [-0.39, 0.29) is 68.7 Å². The Hall–Kier alpha value is -2.73. The average Bonchev–Trinajstić information content (AvgIpc) is 2.99. The Bertz CT molecular complexity index is 1110. The van der Waals surface area contributed by atoms with Crippen molar-refractivity contribution in [2.75, 3.05) is 0 Å². The van der Waals surface area contributed by atoms with E-state index in [2.05, 4.69) is 0 Å². The van der Waals surface area contributed by atoms with Crippen LogP contribution in [0.1, 0.15) is 117 Å². The van der Waals surface area contributed by atoms with Gasteiger partial charge in [0.15, 0.2) is 0 Å². The van der Waals surface area contributed by atoms with Crippen molar-refractivity contribution in [1.29, 1.82) is 0 Å². The van der Waals surface area contributed by atoms with Gasteiger partial charge in [-0.25, -0.2) is 4.79 Å². The number of cyclic esters (lactones) is 1. The fourth-order valence-electron chi connectivity index (χ4n) is 5.63. The number of allylic oxidation sites excluding steroid dienone is 8. The van der Waals surface area contributed by atoms with Crippen LogP contribution in [0.2, 0.25) is 0 Å². The first-order valence-electron chi connectivity index (χ1n) is 17.9. The minimum absolute atomic E-state index is 0.0282. The summed E-state index contributed by atoms with van der Waals surface area (Å²) < 4.78 is 5.78. The Morgan fingerprint density at radius 3 is 1.67 bits per heavy atom. The summed E-state index contributed by atoms with van der Waals surface area (Å²) in [6.45, 7) is 5.79. The van der Waals surface area contributed by atoms with Crippen LogP contribution in [-0.2, 0) is 19.1 Å². The highest BCUT2D eigenvalue weighted by Gasteiger charge is 2.23. The second-order valence-electron chi connectivity index (χ2n) is 13.7. The maximum absolute atomic E-state index is 12.6. The maximum atomic E-state index is 12.6. The van der Waals surface area contributed by atoms with E-state index in [4.69, 9.17) is 4.74 Å². The molecular formula is C39H62O10. The van der Waals surface area contributed by atoms with Gasteiger partial charge < -0.3 is 35.4 Å². The second kappa shape index (κ2) is 26.1. The molecule has 0 aromatic heterocycles. The quantitative estimate of drug-likeness (QED) is 0.207. The van der Waals surface area contributed by atoms with Crippen molar-refractivity contribution in [2.45, 2.75) is 160 Å². The first-order valence-corrected chi connectivity index (χ1v) is 17.9. The van der Waals surface area contributed by atoms with E-state index in [1.807, 2.05) is 32.1 Å². The van der Waals surface area contributed by atoms with Gasteiger partial charge in [0.05, 0.1) is 36.6 Å². The van der Waals surface area contributed by atoms with Crippen LogP contribution in [0.25, 0.3) is 0 Å². The van der Waals surface area contributed by atoms with Crippen molar-refractivity contribution in [3.63, 3.8) is 0 Å². The van der Waals surface area contributed by atoms with E-state index in [0.717, 1.165) is 32.1 Å². The van der Waals surface area contributed by atoms with E-state index in [9.17, 15) is 45.0 Å². The molecule has 0 bridgehead atoms. The number of carbonyl (C=O) groups excluding carboxylic acids is 3. The van der Waals surface area contributed by atoms with Crippen LogP contribution >= 0.6 is 0 Å². The van der Waals surface area contributed by atoms with Crippen molar-refractivity contribution in [1.82, 2.24) is 0 Å². The molecule has 1 unspecified atom stereocenters. The molecule has 1 aliphatic heterocycles. The van der Waals surface area contributed by atoms with Gasteiger partial charge in [0, 0.05) is 37.7 Å². The largest absolute Gasteiger partial charge is 0.459 e. The highest BCUT2D eigenvalue weighted by molar-refractivity contribution is 5.88. The zero-order valence-electron chi connectivity index (χ0n) is 29.7. The molecule has 0 amide bonds. The minimum Gasteiger partial charge on any atom is -0.459 e. The molecule has 1 rings (SSSR count). The number of esters is 1. The molecule has 49 heavy (non-hydrogen) atoms. The Morgan fingerprint density at radius 1 is 0.592 bits per heavy atom. The molecule has 0 aliphatic carbocycles. The number of ketones is 2. The first-order chi connectivity index (χ1) is 23.3. The molecule has 10 heteroatoms. The summed E-state index contributed by atoms with van der Waals surface area (Å²) in [5.41, 5.74) is 0.505. The molecule has 0 fully saturated rings. The van der Waals surface area contributed by atoms with E-state index in [0.29, 0.717) is 24.8 Å². The van der Waals surface area contributed by atoms with Crippen molar-refractivity contribution < 1.29 is 49.8 Å². The lowest BCUT2D eigenvalue weighted by Crippen LogP contribution is -2.28. The molecule has 0 aromatic carbocycles. The zero-order valence-corrected chi connectivity index (χ0v) is 29.7. The predicted octanol–water partition coefficient (Wildman–Crippen LogP) is 4.89. The van der Waals surface area contributed by atoms with Crippen molar-refractivity contribution in [2.24, 2.45) is 5.92 Å². The zero-order chi connectivity index (χ0) is 36.6. The Morgan fingerprint density at radius 2 is 1.06 bits per heavy atom. The third-order valence-electron chi connectivity index (χ3n) is 8.39. The smallest absolute Gasteiger partial charge is 0.333 e. The minimum atomic E-state index is -1.18. The summed E-state index contributed by atoms with van der Waals surface area (Å²) in [7, 11) is 0. The molecular weight excluding hydrogens is 628 g/mol. The van der Waals surface area contributed by atoms with E-state index in [1.165, 1.54) is 0 Å².